The van der Waals surface area contributed by atoms with E-state index < -0.39 is 0 Å². The third kappa shape index (κ3) is 3.31. The smallest absolute Gasteiger partial charge is 0.179 e. The summed E-state index contributed by atoms with van der Waals surface area (Å²) in [6, 6.07) is 2.00. The molecular weight excluding hydrogens is 311 g/mol. The second kappa shape index (κ2) is 6.48. The molecule has 21 heavy (non-hydrogen) atoms. The zero-order valence-corrected chi connectivity index (χ0v) is 13.1. The second-order valence-electron chi connectivity index (χ2n) is 5.45. The number of nitrogens with zero attached hydrogens (tertiary/aromatic N) is 3. The third-order valence-corrected chi connectivity index (χ3v) is 4.66. The Hall–Kier alpha value is -0.880. The summed E-state index contributed by atoms with van der Waals surface area (Å²) in [5.74, 6) is 0. The molecule has 0 aliphatic carbocycles. The van der Waals surface area contributed by atoms with Crippen molar-refractivity contribution in [1.82, 2.24) is 19.9 Å². The molecular formula is C14H18Cl2N4O. The first-order valence-electron chi connectivity index (χ1n) is 7.23. The largest absolute Gasteiger partial charge is 0.392 e. The minimum atomic E-state index is -0.229. The highest BCUT2D eigenvalue weighted by Crippen LogP contribution is 2.24. The van der Waals surface area contributed by atoms with Gasteiger partial charge in [-0.25, -0.2) is 9.97 Å². The Balaban J connectivity index is 1.64. The first-order chi connectivity index (χ1) is 10.1. The molecule has 0 saturated carbocycles. The molecule has 2 atom stereocenters. The molecule has 0 spiro atoms. The maximum absolute atomic E-state index is 9.94. The lowest BCUT2D eigenvalue weighted by atomic mass is 9.97. The predicted octanol–water partition coefficient (Wildman–Crippen LogP) is 2.63. The number of aryl methyl sites for hydroxylation is 1. The van der Waals surface area contributed by atoms with Crippen molar-refractivity contribution in [1.29, 1.82) is 0 Å². The highest BCUT2D eigenvalue weighted by Gasteiger charge is 2.21. The van der Waals surface area contributed by atoms with Gasteiger partial charge >= 0.3 is 0 Å². The summed E-state index contributed by atoms with van der Waals surface area (Å²) in [6.07, 6.45) is 5.37. The first-order valence-corrected chi connectivity index (χ1v) is 7.99. The average molecular weight is 329 g/mol. The van der Waals surface area contributed by atoms with E-state index in [0.717, 1.165) is 44.3 Å². The zero-order valence-electron chi connectivity index (χ0n) is 11.6. The number of hydrogen-bond acceptors (Lipinski definition) is 4. The van der Waals surface area contributed by atoms with Crippen LogP contribution in [0, 0.1) is 0 Å². The molecule has 2 N–H and O–H groups in total. The van der Waals surface area contributed by atoms with E-state index in [1.165, 1.54) is 0 Å². The number of rotatable bonds is 4. The highest BCUT2D eigenvalue weighted by molar-refractivity contribution is 6.41. The van der Waals surface area contributed by atoms with Gasteiger partial charge in [0.15, 0.2) is 5.65 Å². The van der Waals surface area contributed by atoms with Crippen LogP contribution in [0.1, 0.15) is 25.7 Å². The molecule has 0 amide bonds. The molecule has 2 aromatic heterocycles. The minimum absolute atomic E-state index is 0.199. The summed E-state index contributed by atoms with van der Waals surface area (Å²) >= 11 is 11.9. The van der Waals surface area contributed by atoms with E-state index in [4.69, 9.17) is 23.2 Å². The Morgan fingerprint density at radius 3 is 3.10 bits per heavy atom. The van der Waals surface area contributed by atoms with Crippen molar-refractivity contribution in [2.75, 3.05) is 6.54 Å². The van der Waals surface area contributed by atoms with Crippen LogP contribution in [0.3, 0.4) is 0 Å². The van der Waals surface area contributed by atoms with E-state index in [9.17, 15) is 5.11 Å². The Labute approximate surface area is 133 Å². The molecule has 1 aliphatic rings. The van der Waals surface area contributed by atoms with Gasteiger partial charge in [-0.3, -0.25) is 0 Å². The molecule has 7 heteroatoms. The lowest BCUT2D eigenvalue weighted by molar-refractivity contribution is 0.0909. The van der Waals surface area contributed by atoms with Crippen LogP contribution in [0.25, 0.3) is 11.2 Å². The number of halogens is 2. The fourth-order valence-corrected chi connectivity index (χ4v) is 3.11. The Morgan fingerprint density at radius 1 is 1.43 bits per heavy atom. The highest BCUT2D eigenvalue weighted by atomic mass is 35.5. The van der Waals surface area contributed by atoms with Crippen LogP contribution in [-0.4, -0.2) is 38.3 Å². The SMILES string of the molecule is O[C@H]1CCCN[C@@H]1CCCn1cnc2nc(Cl)c(Cl)cc21. The molecule has 0 unspecified atom stereocenters. The number of piperidine rings is 1. The van der Waals surface area contributed by atoms with Gasteiger partial charge in [-0.05, 0) is 38.3 Å². The van der Waals surface area contributed by atoms with E-state index in [0.29, 0.717) is 10.7 Å². The third-order valence-electron chi connectivity index (χ3n) is 3.98. The molecule has 3 heterocycles. The molecule has 1 fully saturated rings. The van der Waals surface area contributed by atoms with Crippen LogP contribution >= 0.6 is 23.2 Å². The van der Waals surface area contributed by atoms with Gasteiger partial charge in [0, 0.05) is 12.6 Å². The van der Waals surface area contributed by atoms with Crippen LogP contribution < -0.4 is 5.32 Å². The second-order valence-corrected chi connectivity index (χ2v) is 6.22. The van der Waals surface area contributed by atoms with E-state index in [-0.39, 0.29) is 17.3 Å². The summed E-state index contributed by atoms with van der Waals surface area (Å²) in [4.78, 5) is 8.40. The maximum atomic E-state index is 9.94. The molecule has 0 aromatic carbocycles. The van der Waals surface area contributed by atoms with Gasteiger partial charge in [-0.2, -0.15) is 0 Å². The standard InChI is InChI=1S/C14H18Cl2N4O/c15-9-7-11-14(19-13(9)16)18-8-20(11)6-2-3-10-12(21)4-1-5-17-10/h7-8,10,12,17,21H,1-6H2/t10-,12+/m1/s1. The molecule has 0 bridgehead atoms. The predicted molar refractivity (Wildman–Crippen MR) is 83.8 cm³/mol. The van der Waals surface area contributed by atoms with E-state index in [1.54, 1.807) is 12.4 Å². The maximum Gasteiger partial charge on any atom is 0.179 e. The number of hydrogen-bond donors (Lipinski definition) is 2. The lowest BCUT2D eigenvalue weighted by Gasteiger charge is -2.28. The van der Waals surface area contributed by atoms with E-state index in [1.807, 2.05) is 4.57 Å². The number of aliphatic hydroxyl groups is 1. The van der Waals surface area contributed by atoms with E-state index in [2.05, 4.69) is 15.3 Å². The molecule has 5 nitrogen and oxygen atoms in total. The van der Waals surface area contributed by atoms with Gasteiger partial charge in [0.25, 0.3) is 0 Å². The summed E-state index contributed by atoms with van der Waals surface area (Å²) in [5.41, 5.74) is 1.50. The molecule has 0 radical (unpaired) electrons. The van der Waals surface area contributed by atoms with Crippen molar-refractivity contribution in [3.63, 3.8) is 0 Å². The van der Waals surface area contributed by atoms with Gasteiger partial charge in [0.2, 0.25) is 0 Å². The summed E-state index contributed by atoms with van der Waals surface area (Å²) in [6.45, 7) is 1.81. The van der Waals surface area contributed by atoms with Crippen molar-refractivity contribution in [2.45, 2.75) is 44.4 Å². The quantitative estimate of drug-likeness (QED) is 0.847. The Kier molecular flexibility index (Phi) is 4.64. The van der Waals surface area contributed by atoms with Gasteiger partial charge < -0.3 is 15.0 Å². The van der Waals surface area contributed by atoms with Gasteiger partial charge in [-0.15, -0.1) is 0 Å². The molecule has 3 rings (SSSR count). The van der Waals surface area contributed by atoms with Crippen molar-refractivity contribution in [3.8, 4) is 0 Å². The Morgan fingerprint density at radius 2 is 2.29 bits per heavy atom. The Bertz CT molecular complexity index is 631. The van der Waals surface area contributed by atoms with Crippen LogP contribution in [0.4, 0.5) is 0 Å². The van der Waals surface area contributed by atoms with Gasteiger partial charge in [-0.1, -0.05) is 23.2 Å². The van der Waals surface area contributed by atoms with Crippen molar-refractivity contribution < 1.29 is 5.11 Å². The average Bonchev–Trinajstić information content (AvgIpc) is 2.84. The van der Waals surface area contributed by atoms with Gasteiger partial charge in [0.05, 0.1) is 23.0 Å². The first kappa shape index (κ1) is 15.0. The number of nitrogens with one attached hydrogen (secondary N) is 1. The molecule has 114 valence electrons. The summed E-state index contributed by atoms with van der Waals surface area (Å²) in [5, 5.41) is 14.0. The zero-order chi connectivity index (χ0) is 14.8. The monoisotopic (exact) mass is 328 g/mol. The van der Waals surface area contributed by atoms with Crippen molar-refractivity contribution in [3.05, 3.63) is 22.6 Å². The van der Waals surface area contributed by atoms with Crippen LogP contribution in [0.2, 0.25) is 10.2 Å². The fraction of sp³-hybridized carbons (Fsp3) is 0.571. The lowest BCUT2D eigenvalue weighted by Crippen LogP contribution is -2.44. The van der Waals surface area contributed by atoms with Gasteiger partial charge in [0.1, 0.15) is 5.15 Å². The van der Waals surface area contributed by atoms with Crippen LogP contribution in [0.15, 0.2) is 12.4 Å². The summed E-state index contributed by atoms with van der Waals surface area (Å²) in [7, 11) is 0. The summed E-state index contributed by atoms with van der Waals surface area (Å²) < 4.78 is 2.03. The molecule has 1 aliphatic heterocycles. The van der Waals surface area contributed by atoms with Crippen molar-refractivity contribution in [2.24, 2.45) is 0 Å². The minimum Gasteiger partial charge on any atom is -0.392 e. The van der Waals surface area contributed by atoms with Crippen LogP contribution in [-0.2, 0) is 6.54 Å². The molecule has 1 saturated heterocycles. The molecule has 2 aromatic rings. The van der Waals surface area contributed by atoms with Crippen molar-refractivity contribution >= 4 is 34.4 Å². The van der Waals surface area contributed by atoms with Crippen LogP contribution in [0.5, 0.6) is 0 Å². The normalized spacial score (nSPS) is 22.8. The number of aromatic nitrogens is 3. The fourth-order valence-electron chi connectivity index (χ4n) is 2.83. The van der Waals surface area contributed by atoms with E-state index >= 15 is 0 Å². The number of pyridine rings is 1. The number of imidazole rings is 1. The topological polar surface area (TPSA) is 63.0 Å². The number of aliphatic hydroxyl groups excluding tert-OH is 1. The number of fused-ring (bicyclic) bond motifs is 1.